The van der Waals surface area contributed by atoms with Crippen molar-refractivity contribution >= 4 is 0 Å². The number of aryl methyl sites for hydroxylation is 1. The highest BCUT2D eigenvalue weighted by Gasteiger charge is 2.04. The Morgan fingerprint density at radius 2 is 1.77 bits per heavy atom. The molecule has 1 heteroatoms. The van der Waals surface area contributed by atoms with Gasteiger partial charge < -0.3 is 4.74 Å². The lowest BCUT2D eigenvalue weighted by atomic mass is 9.99. The molecule has 0 aliphatic rings. The molecule has 0 bridgehead atoms. The second-order valence-electron chi connectivity index (χ2n) is 7.69. The lowest BCUT2D eigenvalue weighted by Gasteiger charge is -2.12. The molecule has 147 valence electrons. The fourth-order valence-corrected chi connectivity index (χ4v) is 3.26. The van der Waals surface area contributed by atoms with Crippen molar-refractivity contribution in [2.24, 2.45) is 5.92 Å². The molecule has 0 heterocycles. The van der Waals surface area contributed by atoms with Crippen LogP contribution < -0.4 is 4.74 Å². The molecule has 0 amide bonds. The molecule has 0 spiro atoms. The van der Waals surface area contributed by atoms with Crippen molar-refractivity contribution in [2.45, 2.75) is 97.3 Å². The second-order valence-corrected chi connectivity index (χ2v) is 7.69. The van der Waals surface area contributed by atoms with Gasteiger partial charge in [0.15, 0.2) is 0 Å². The van der Waals surface area contributed by atoms with Crippen LogP contribution in [-0.4, -0.2) is 6.61 Å². The fourth-order valence-electron chi connectivity index (χ4n) is 3.26. The zero-order chi connectivity index (χ0) is 18.9. The third-order valence-electron chi connectivity index (χ3n) is 5.31. The largest absolute Gasteiger partial charge is 0.493 e. The molecule has 0 saturated heterocycles. The van der Waals surface area contributed by atoms with E-state index in [4.69, 9.17) is 4.74 Å². The monoisotopic (exact) mass is 357 g/mol. The van der Waals surface area contributed by atoms with Crippen molar-refractivity contribution in [3.8, 4) is 5.75 Å². The van der Waals surface area contributed by atoms with Crippen LogP contribution in [0.3, 0.4) is 0 Å². The van der Waals surface area contributed by atoms with E-state index in [1.165, 1.54) is 76.2 Å². The summed E-state index contributed by atoms with van der Waals surface area (Å²) in [4.78, 5) is 0. The number of hydrogen-bond donors (Lipinski definition) is 0. The normalized spacial score (nSPS) is 12.1. The van der Waals surface area contributed by atoms with Crippen LogP contribution >= 0.6 is 0 Å². The minimum atomic E-state index is 0.841. The van der Waals surface area contributed by atoms with Crippen LogP contribution in [0.25, 0.3) is 0 Å². The average molecular weight is 358 g/mol. The van der Waals surface area contributed by atoms with E-state index in [1.807, 2.05) is 18.2 Å². The first kappa shape index (κ1) is 22.8. The first-order valence-corrected chi connectivity index (χ1v) is 11.0. The number of rotatable bonds is 17. The Morgan fingerprint density at radius 1 is 1.04 bits per heavy atom. The highest BCUT2D eigenvalue weighted by molar-refractivity contribution is 5.32. The van der Waals surface area contributed by atoms with E-state index in [0.717, 1.165) is 31.1 Å². The van der Waals surface area contributed by atoms with Gasteiger partial charge in [-0.15, -0.1) is 6.58 Å². The molecule has 0 aliphatic heterocycles. The third-order valence-corrected chi connectivity index (χ3v) is 5.31. The SMILES string of the molecule is C=CCCCCCCCCCOc1c[c]ccc1CCCCC(C)CC. The van der Waals surface area contributed by atoms with Crippen molar-refractivity contribution in [1.82, 2.24) is 0 Å². The van der Waals surface area contributed by atoms with E-state index >= 15 is 0 Å². The molecule has 1 unspecified atom stereocenters. The molecule has 1 aromatic rings. The Bertz CT molecular complexity index is 451. The molecule has 1 atom stereocenters. The first-order chi connectivity index (χ1) is 12.8. The Morgan fingerprint density at radius 3 is 2.50 bits per heavy atom. The van der Waals surface area contributed by atoms with Crippen LogP contribution in [0.2, 0.25) is 0 Å². The topological polar surface area (TPSA) is 9.23 Å². The lowest BCUT2D eigenvalue weighted by Crippen LogP contribution is -2.01. The number of benzene rings is 1. The standard InChI is InChI=1S/C25H41O/c1-4-6-7-8-9-10-11-12-17-22-26-25-21-16-15-20-24(25)19-14-13-18-23(3)5-2/h4,15,20-21,23H,1,5-14,17-19,22H2,2-3H3. The summed E-state index contributed by atoms with van der Waals surface area (Å²) in [6.07, 6.45) is 18.7. The molecule has 1 radical (unpaired) electrons. The summed E-state index contributed by atoms with van der Waals surface area (Å²) in [6.45, 7) is 9.25. The van der Waals surface area contributed by atoms with Crippen LogP contribution in [0.5, 0.6) is 5.75 Å². The molecule has 1 aromatic carbocycles. The predicted molar refractivity (Wildman–Crippen MR) is 115 cm³/mol. The van der Waals surface area contributed by atoms with Crippen molar-refractivity contribution in [3.05, 3.63) is 42.5 Å². The summed E-state index contributed by atoms with van der Waals surface area (Å²) >= 11 is 0. The van der Waals surface area contributed by atoms with Crippen molar-refractivity contribution < 1.29 is 4.74 Å². The van der Waals surface area contributed by atoms with Crippen LogP contribution in [-0.2, 0) is 6.42 Å². The fraction of sp³-hybridized carbons (Fsp3) is 0.680. The Balaban J connectivity index is 2.12. The predicted octanol–water partition coefficient (Wildman–Crippen LogP) is 7.93. The van der Waals surface area contributed by atoms with E-state index in [0.29, 0.717) is 0 Å². The molecule has 0 aliphatic carbocycles. The average Bonchev–Trinajstić information content (AvgIpc) is 2.67. The highest BCUT2D eigenvalue weighted by Crippen LogP contribution is 2.22. The molecule has 0 saturated carbocycles. The Labute approximate surface area is 163 Å². The van der Waals surface area contributed by atoms with Gasteiger partial charge in [0.25, 0.3) is 0 Å². The van der Waals surface area contributed by atoms with Gasteiger partial charge in [0, 0.05) is 0 Å². The summed E-state index contributed by atoms with van der Waals surface area (Å²) in [5.74, 6) is 1.91. The molecule has 1 nitrogen and oxygen atoms in total. The summed E-state index contributed by atoms with van der Waals surface area (Å²) in [5, 5.41) is 0. The maximum absolute atomic E-state index is 6.05. The van der Waals surface area contributed by atoms with E-state index in [2.05, 4.69) is 32.6 Å². The summed E-state index contributed by atoms with van der Waals surface area (Å²) in [7, 11) is 0. The molecule has 1 rings (SSSR count). The maximum atomic E-state index is 6.05. The van der Waals surface area contributed by atoms with Gasteiger partial charge in [-0.2, -0.15) is 0 Å². The minimum absolute atomic E-state index is 0.841. The number of ether oxygens (including phenoxy) is 1. The van der Waals surface area contributed by atoms with Gasteiger partial charge in [0.05, 0.1) is 6.61 Å². The molecule has 26 heavy (non-hydrogen) atoms. The van der Waals surface area contributed by atoms with E-state index in [-0.39, 0.29) is 0 Å². The van der Waals surface area contributed by atoms with Gasteiger partial charge in [0.2, 0.25) is 0 Å². The summed E-state index contributed by atoms with van der Waals surface area (Å²) < 4.78 is 6.05. The van der Waals surface area contributed by atoms with Crippen molar-refractivity contribution in [2.75, 3.05) is 6.61 Å². The van der Waals surface area contributed by atoms with E-state index in [9.17, 15) is 0 Å². The quantitative estimate of drug-likeness (QED) is 0.203. The second kappa shape index (κ2) is 16.0. The Hall–Kier alpha value is -1.24. The third kappa shape index (κ3) is 11.4. The molecule has 0 fully saturated rings. The highest BCUT2D eigenvalue weighted by atomic mass is 16.5. The first-order valence-electron chi connectivity index (χ1n) is 11.0. The summed E-state index contributed by atoms with van der Waals surface area (Å²) in [5.41, 5.74) is 1.36. The number of hydrogen-bond acceptors (Lipinski definition) is 1. The molecular formula is C25H41O. The number of unbranched alkanes of at least 4 members (excludes halogenated alkanes) is 8. The zero-order valence-electron chi connectivity index (χ0n) is 17.4. The van der Waals surface area contributed by atoms with Crippen LogP contribution in [0.1, 0.15) is 96.5 Å². The van der Waals surface area contributed by atoms with E-state index in [1.54, 1.807) is 0 Å². The number of allylic oxidation sites excluding steroid dienone is 1. The maximum Gasteiger partial charge on any atom is 0.123 e. The lowest BCUT2D eigenvalue weighted by molar-refractivity contribution is 0.301. The van der Waals surface area contributed by atoms with Gasteiger partial charge >= 0.3 is 0 Å². The zero-order valence-corrected chi connectivity index (χ0v) is 17.4. The van der Waals surface area contributed by atoms with E-state index < -0.39 is 0 Å². The van der Waals surface area contributed by atoms with Crippen molar-refractivity contribution in [1.29, 1.82) is 0 Å². The van der Waals surface area contributed by atoms with Gasteiger partial charge in [-0.1, -0.05) is 83.4 Å². The van der Waals surface area contributed by atoms with Crippen LogP contribution in [0, 0.1) is 12.0 Å². The molecular weight excluding hydrogens is 316 g/mol. The van der Waals surface area contributed by atoms with Crippen molar-refractivity contribution in [3.63, 3.8) is 0 Å². The smallest absolute Gasteiger partial charge is 0.123 e. The van der Waals surface area contributed by atoms with Gasteiger partial charge in [-0.3, -0.25) is 0 Å². The summed E-state index contributed by atoms with van der Waals surface area (Å²) in [6, 6.07) is 9.39. The van der Waals surface area contributed by atoms with Gasteiger partial charge in [-0.05, 0) is 55.7 Å². The Kier molecular flexibility index (Phi) is 14.0. The minimum Gasteiger partial charge on any atom is -0.493 e. The van der Waals surface area contributed by atoms with Crippen LogP contribution in [0.15, 0.2) is 30.9 Å². The molecule has 0 aromatic heterocycles. The van der Waals surface area contributed by atoms with Gasteiger partial charge in [-0.25, -0.2) is 0 Å². The van der Waals surface area contributed by atoms with Gasteiger partial charge in [0.1, 0.15) is 5.75 Å². The van der Waals surface area contributed by atoms with Crippen LogP contribution in [0.4, 0.5) is 0 Å². The molecule has 0 N–H and O–H groups in total.